The van der Waals surface area contributed by atoms with Gasteiger partial charge in [-0.3, -0.25) is 0 Å². The van der Waals surface area contributed by atoms with Gasteiger partial charge in [0.25, 0.3) is 0 Å². The zero-order valence-corrected chi connectivity index (χ0v) is 16.0. The summed E-state index contributed by atoms with van der Waals surface area (Å²) in [7, 11) is 1.34. The molecule has 0 aliphatic heterocycles. The molecule has 0 aromatic heterocycles. The molecule has 0 saturated heterocycles. The predicted octanol–water partition coefficient (Wildman–Crippen LogP) is 5.28. The Labute approximate surface area is 167 Å². The van der Waals surface area contributed by atoms with Crippen molar-refractivity contribution < 1.29 is 23.1 Å². The Balaban J connectivity index is 1.81. The number of methoxy groups -OCH3 is 1. The maximum absolute atomic E-state index is 13.2. The molecule has 0 unspecified atom stereocenters. The van der Waals surface area contributed by atoms with Crippen molar-refractivity contribution in [1.29, 1.82) is 0 Å². The summed E-state index contributed by atoms with van der Waals surface area (Å²) in [5, 5.41) is 3.76. The van der Waals surface area contributed by atoms with Gasteiger partial charge in [0, 0.05) is 11.6 Å². The van der Waals surface area contributed by atoms with Crippen molar-refractivity contribution in [3.63, 3.8) is 0 Å². The normalized spacial score (nSPS) is 10.9. The summed E-state index contributed by atoms with van der Waals surface area (Å²) in [6.45, 7) is 2.08. The molecule has 0 spiro atoms. The van der Waals surface area contributed by atoms with Crippen LogP contribution in [-0.2, 0) is 16.2 Å². The Morgan fingerprint density at radius 1 is 1.00 bits per heavy atom. The number of aryl methyl sites for hydroxylation is 1. The van der Waals surface area contributed by atoms with Gasteiger partial charge in [0.1, 0.15) is 18.2 Å². The molecule has 0 fully saturated rings. The van der Waals surface area contributed by atoms with Crippen LogP contribution in [0.3, 0.4) is 0 Å². The van der Waals surface area contributed by atoms with E-state index in [2.05, 4.69) is 5.16 Å². The number of hydrogen-bond acceptors (Lipinski definition) is 4. The molecule has 0 radical (unpaired) electrons. The van der Waals surface area contributed by atoms with Crippen molar-refractivity contribution in [1.82, 2.24) is 0 Å². The van der Waals surface area contributed by atoms with Gasteiger partial charge in [0.2, 0.25) is 0 Å². The van der Waals surface area contributed by atoms with E-state index in [9.17, 15) is 13.6 Å². The molecule has 0 amide bonds. The maximum Gasteiger partial charge on any atom is 0.338 e. The summed E-state index contributed by atoms with van der Waals surface area (Å²) < 4.78 is 31.3. The fourth-order valence-corrected chi connectivity index (χ4v) is 2.93. The number of nitrogens with zero attached hydrogens (tertiary/aromatic N) is 1. The molecular weight excluding hydrogens is 376 g/mol. The standard InChI is InChI=1S/C23H19F2NO3/c1-15-5-3-4-6-20(15)22-11-16(7-8-21(22)23(27)28-2)14-29-26-13-17-9-18(24)12-19(25)10-17/h3-13H,14H2,1-2H3. The molecule has 3 rings (SSSR count). The highest BCUT2D eigenvalue weighted by molar-refractivity contribution is 5.97. The molecule has 4 nitrogen and oxygen atoms in total. The average Bonchev–Trinajstić information content (AvgIpc) is 2.70. The minimum atomic E-state index is -0.687. The lowest BCUT2D eigenvalue weighted by Crippen LogP contribution is -2.05. The lowest BCUT2D eigenvalue weighted by molar-refractivity contribution is 0.0601. The summed E-state index contributed by atoms with van der Waals surface area (Å²) in [6, 6.07) is 16.1. The zero-order chi connectivity index (χ0) is 20.8. The molecule has 0 aliphatic carbocycles. The lowest BCUT2D eigenvalue weighted by atomic mass is 9.94. The third-order valence-corrected chi connectivity index (χ3v) is 4.32. The van der Waals surface area contributed by atoms with Crippen molar-refractivity contribution in [2.24, 2.45) is 5.16 Å². The van der Waals surface area contributed by atoms with E-state index in [0.717, 1.165) is 40.5 Å². The Hall–Kier alpha value is -3.54. The van der Waals surface area contributed by atoms with Crippen LogP contribution in [0.4, 0.5) is 8.78 Å². The highest BCUT2D eigenvalue weighted by Gasteiger charge is 2.15. The van der Waals surface area contributed by atoms with Gasteiger partial charge in [-0.05, 0) is 53.4 Å². The van der Waals surface area contributed by atoms with Crippen LogP contribution in [0.15, 0.2) is 65.8 Å². The highest BCUT2D eigenvalue weighted by atomic mass is 19.1. The topological polar surface area (TPSA) is 47.9 Å². The van der Waals surface area contributed by atoms with Gasteiger partial charge in [-0.15, -0.1) is 0 Å². The van der Waals surface area contributed by atoms with Gasteiger partial charge in [0.05, 0.1) is 18.9 Å². The monoisotopic (exact) mass is 395 g/mol. The molecule has 148 valence electrons. The molecule has 29 heavy (non-hydrogen) atoms. The number of benzene rings is 3. The minimum Gasteiger partial charge on any atom is -0.465 e. The van der Waals surface area contributed by atoms with Gasteiger partial charge < -0.3 is 9.57 Å². The summed E-state index contributed by atoms with van der Waals surface area (Å²) in [4.78, 5) is 17.4. The average molecular weight is 395 g/mol. The number of ether oxygens (including phenoxy) is 1. The molecule has 0 bridgehead atoms. The van der Waals surface area contributed by atoms with Crippen LogP contribution in [0, 0.1) is 18.6 Å². The smallest absolute Gasteiger partial charge is 0.338 e. The second-order valence-corrected chi connectivity index (χ2v) is 6.40. The summed E-state index contributed by atoms with van der Waals surface area (Å²) in [5.74, 6) is -1.80. The fraction of sp³-hybridized carbons (Fsp3) is 0.130. The van der Waals surface area contributed by atoms with Gasteiger partial charge in [0.15, 0.2) is 0 Å². The molecule has 0 aliphatic rings. The van der Waals surface area contributed by atoms with Crippen LogP contribution in [-0.4, -0.2) is 19.3 Å². The Bertz CT molecular complexity index is 1040. The van der Waals surface area contributed by atoms with E-state index in [4.69, 9.17) is 9.57 Å². The number of rotatable bonds is 6. The van der Waals surface area contributed by atoms with Crippen molar-refractivity contribution in [2.75, 3.05) is 7.11 Å². The van der Waals surface area contributed by atoms with Gasteiger partial charge in [-0.1, -0.05) is 35.5 Å². The quantitative estimate of drug-likeness (QED) is 0.324. The van der Waals surface area contributed by atoms with Crippen LogP contribution in [0.5, 0.6) is 0 Å². The first-order valence-corrected chi connectivity index (χ1v) is 8.86. The minimum absolute atomic E-state index is 0.120. The summed E-state index contributed by atoms with van der Waals surface area (Å²) >= 11 is 0. The van der Waals surface area contributed by atoms with Crippen LogP contribution in [0.2, 0.25) is 0 Å². The number of carbonyl (C=O) groups excluding carboxylic acids is 1. The predicted molar refractivity (Wildman–Crippen MR) is 107 cm³/mol. The molecule has 0 atom stereocenters. The van der Waals surface area contributed by atoms with Crippen LogP contribution in [0.1, 0.15) is 27.0 Å². The Morgan fingerprint density at radius 3 is 2.41 bits per heavy atom. The van der Waals surface area contributed by atoms with Gasteiger partial charge in [-0.25, -0.2) is 13.6 Å². The van der Waals surface area contributed by atoms with Crippen LogP contribution < -0.4 is 0 Å². The van der Waals surface area contributed by atoms with E-state index in [1.807, 2.05) is 37.3 Å². The third-order valence-electron chi connectivity index (χ3n) is 4.32. The van der Waals surface area contributed by atoms with E-state index in [-0.39, 0.29) is 12.2 Å². The summed E-state index contributed by atoms with van der Waals surface area (Å²) in [5.41, 5.74) is 4.13. The molecule has 3 aromatic carbocycles. The number of hydrogen-bond donors (Lipinski definition) is 0. The molecule has 6 heteroatoms. The van der Waals surface area contributed by atoms with Crippen molar-refractivity contribution >= 4 is 12.2 Å². The molecule has 0 saturated carbocycles. The largest absolute Gasteiger partial charge is 0.465 e. The lowest BCUT2D eigenvalue weighted by Gasteiger charge is -2.12. The van der Waals surface area contributed by atoms with E-state index in [1.165, 1.54) is 13.3 Å². The number of halogens is 2. The molecule has 0 N–H and O–H groups in total. The van der Waals surface area contributed by atoms with Gasteiger partial charge >= 0.3 is 5.97 Å². The number of oxime groups is 1. The SMILES string of the molecule is COC(=O)c1ccc(CON=Cc2cc(F)cc(F)c2)cc1-c1ccccc1C. The van der Waals surface area contributed by atoms with Crippen molar-refractivity contribution in [2.45, 2.75) is 13.5 Å². The molecular formula is C23H19F2NO3. The molecule has 3 aromatic rings. The number of esters is 1. The van der Waals surface area contributed by atoms with E-state index in [1.54, 1.807) is 12.1 Å². The second kappa shape index (κ2) is 9.10. The van der Waals surface area contributed by atoms with E-state index < -0.39 is 17.6 Å². The Morgan fingerprint density at radius 2 is 1.72 bits per heavy atom. The maximum atomic E-state index is 13.2. The first kappa shape index (κ1) is 20.2. The zero-order valence-electron chi connectivity index (χ0n) is 16.0. The van der Waals surface area contributed by atoms with Crippen molar-refractivity contribution in [3.8, 4) is 11.1 Å². The van der Waals surface area contributed by atoms with Crippen molar-refractivity contribution in [3.05, 3.63) is 94.6 Å². The van der Waals surface area contributed by atoms with Gasteiger partial charge in [-0.2, -0.15) is 0 Å². The second-order valence-electron chi connectivity index (χ2n) is 6.40. The third kappa shape index (κ3) is 5.04. The summed E-state index contributed by atoms with van der Waals surface area (Å²) in [6.07, 6.45) is 1.23. The first-order valence-electron chi connectivity index (χ1n) is 8.86. The van der Waals surface area contributed by atoms with E-state index >= 15 is 0 Å². The first-order chi connectivity index (χ1) is 14.0. The highest BCUT2D eigenvalue weighted by Crippen LogP contribution is 2.29. The molecule has 0 heterocycles. The van der Waals surface area contributed by atoms with Crippen LogP contribution in [0.25, 0.3) is 11.1 Å². The number of carbonyl (C=O) groups is 1. The van der Waals surface area contributed by atoms with E-state index in [0.29, 0.717) is 5.56 Å². The Kier molecular flexibility index (Phi) is 6.34. The van der Waals surface area contributed by atoms with Crippen LogP contribution >= 0.6 is 0 Å². The fourth-order valence-electron chi connectivity index (χ4n) is 2.93.